The van der Waals surface area contributed by atoms with Gasteiger partial charge in [-0.15, -0.1) is 0 Å². The van der Waals surface area contributed by atoms with Crippen molar-refractivity contribution in [2.45, 2.75) is 32.1 Å². The molecule has 0 saturated carbocycles. The van der Waals surface area contributed by atoms with E-state index >= 15 is 0 Å². The third-order valence-corrected chi connectivity index (χ3v) is 8.23. The van der Waals surface area contributed by atoms with Crippen LogP contribution in [0.5, 0.6) is 0 Å². The van der Waals surface area contributed by atoms with Crippen LogP contribution in [0.2, 0.25) is 10.0 Å². The Morgan fingerprint density at radius 1 is 1.11 bits per heavy atom. The van der Waals surface area contributed by atoms with Crippen LogP contribution in [0.25, 0.3) is 0 Å². The molecule has 0 radical (unpaired) electrons. The van der Waals surface area contributed by atoms with Crippen molar-refractivity contribution in [1.82, 2.24) is 20.4 Å². The standard InChI is InChI=1S/C24H28Cl2N4O4S/c25-17-1-2-18(19(26)13-17)22(32)29-11-6-16(7-12-29)21-23(33)30(24(34)35-21)14-20(31)28-10-5-15-3-8-27-9-4-15/h1-2,13,15,27H,3-12,14H2,(H,28,31). The Bertz CT molecular complexity index is 1050. The van der Waals surface area contributed by atoms with Crippen molar-refractivity contribution in [1.29, 1.82) is 0 Å². The van der Waals surface area contributed by atoms with Gasteiger partial charge in [-0.25, -0.2) is 0 Å². The van der Waals surface area contributed by atoms with E-state index in [4.69, 9.17) is 23.2 Å². The van der Waals surface area contributed by atoms with Crippen LogP contribution in [-0.2, 0) is 9.59 Å². The van der Waals surface area contributed by atoms with E-state index in [1.165, 1.54) is 6.07 Å². The first-order valence-corrected chi connectivity index (χ1v) is 13.4. The van der Waals surface area contributed by atoms with Crippen molar-refractivity contribution in [3.63, 3.8) is 0 Å². The highest BCUT2D eigenvalue weighted by molar-refractivity contribution is 8.18. The maximum absolute atomic E-state index is 12.9. The van der Waals surface area contributed by atoms with E-state index in [9.17, 15) is 19.2 Å². The molecule has 35 heavy (non-hydrogen) atoms. The molecule has 0 unspecified atom stereocenters. The predicted molar refractivity (Wildman–Crippen MR) is 137 cm³/mol. The van der Waals surface area contributed by atoms with E-state index in [1.54, 1.807) is 17.0 Å². The molecular weight excluding hydrogens is 511 g/mol. The van der Waals surface area contributed by atoms with Crippen LogP contribution in [-0.4, -0.2) is 72.0 Å². The Labute approximate surface area is 218 Å². The van der Waals surface area contributed by atoms with Gasteiger partial charge in [0.25, 0.3) is 17.1 Å². The maximum atomic E-state index is 12.9. The zero-order chi connectivity index (χ0) is 24.9. The quantitative estimate of drug-likeness (QED) is 0.536. The number of halogens is 2. The summed E-state index contributed by atoms with van der Waals surface area (Å²) in [6.45, 7) is 3.11. The van der Waals surface area contributed by atoms with Gasteiger partial charge in [0.2, 0.25) is 5.91 Å². The van der Waals surface area contributed by atoms with Crippen LogP contribution in [0.3, 0.4) is 0 Å². The number of piperidine rings is 2. The van der Waals surface area contributed by atoms with Gasteiger partial charge in [0.15, 0.2) is 0 Å². The van der Waals surface area contributed by atoms with Crippen LogP contribution in [0, 0.1) is 5.92 Å². The fourth-order valence-electron chi connectivity index (χ4n) is 4.58. The molecule has 4 rings (SSSR count). The SMILES string of the molecule is O=C(CN1C(=O)SC(=C2CCN(C(=O)c3ccc(Cl)cc3Cl)CC2)C1=O)NCCC1CCNCC1. The van der Waals surface area contributed by atoms with Crippen LogP contribution in [0.4, 0.5) is 4.79 Å². The zero-order valence-electron chi connectivity index (χ0n) is 19.3. The Balaban J connectivity index is 1.29. The summed E-state index contributed by atoms with van der Waals surface area (Å²) in [5.74, 6) is -0.358. The van der Waals surface area contributed by atoms with E-state index in [-0.39, 0.29) is 18.4 Å². The number of nitrogens with zero attached hydrogens (tertiary/aromatic N) is 2. The monoisotopic (exact) mass is 538 g/mol. The summed E-state index contributed by atoms with van der Waals surface area (Å²) in [6.07, 6.45) is 4.06. The van der Waals surface area contributed by atoms with Crippen molar-refractivity contribution in [3.05, 3.63) is 44.3 Å². The molecule has 2 N–H and O–H groups in total. The fraction of sp³-hybridized carbons (Fsp3) is 0.500. The minimum absolute atomic E-state index is 0.194. The molecule has 0 aromatic heterocycles. The van der Waals surface area contributed by atoms with Crippen molar-refractivity contribution < 1.29 is 19.2 Å². The smallest absolute Gasteiger partial charge is 0.294 e. The van der Waals surface area contributed by atoms with Crippen LogP contribution in [0.15, 0.2) is 28.7 Å². The third-order valence-electron chi connectivity index (χ3n) is 6.62. The molecule has 3 aliphatic rings. The van der Waals surface area contributed by atoms with Gasteiger partial charge >= 0.3 is 0 Å². The molecule has 3 fully saturated rings. The number of hydrogen-bond acceptors (Lipinski definition) is 6. The second kappa shape index (κ2) is 11.8. The fourth-order valence-corrected chi connectivity index (χ4v) is 6.04. The number of amides is 4. The topological polar surface area (TPSA) is 98.8 Å². The lowest BCUT2D eigenvalue weighted by atomic mass is 9.95. The molecule has 0 aliphatic carbocycles. The molecule has 4 amide bonds. The third kappa shape index (κ3) is 6.39. The molecule has 0 spiro atoms. The van der Waals surface area contributed by atoms with E-state index in [0.29, 0.717) is 58.9 Å². The number of rotatable bonds is 6. The minimum atomic E-state index is -0.433. The van der Waals surface area contributed by atoms with Crippen LogP contribution >= 0.6 is 35.0 Å². The number of benzene rings is 1. The Morgan fingerprint density at radius 2 is 1.83 bits per heavy atom. The van der Waals surface area contributed by atoms with Gasteiger partial charge in [0.1, 0.15) is 6.54 Å². The van der Waals surface area contributed by atoms with Crippen LogP contribution in [0.1, 0.15) is 42.5 Å². The molecule has 3 heterocycles. The highest BCUT2D eigenvalue weighted by Gasteiger charge is 2.39. The molecule has 188 valence electrons. The lowest BCUT2D eigenvalue weighted by Gasteiger charge is -2.29. The van der Waals surface area contributed by atoms with Crippen molar-refractivity contribution in [3.8, 4) is 0 Å². The Kier molecular flexibility index (Phi) is 8.75. The molecule has 3 aliphatic heterocycles. The maximum Gasteiger partial charge on any atom is 0.294 e. The predicted octanol–water partition coefficient (Wildman–Crippen LogP) is 3.68. The van der Waals surface area contributed by atoms with E-state index in [2.05, 4.69) is 10.6 Å². The van der Waals surface area contributed by atoms with Gasteiger partial charge in [0, 0.05) is 24.7 Å². The summed E-state index contributed by atoms with van der Waals surface area (Å²) in [6, 6.07) is 4.76. The summed E-state index contributed by atoms with van der Waals surface area (Å²) in [4.78, 5) is 53.7. The lowest BCUT2D eigenvalue weighted by molar-refractivity contribution is -0.129. The number of hydrogen-bond donors (Lipinski definition) is 2. The largest absolute Gasteiger partial charge is 0.355 e. The van der Waals surface area contributed by atoms with Gasteiger partial charge in [-0.1, -0.05) is 23.2 Å². The summed E-state index contributed by atoms with van der Waals surface area (Å²) < 4.78 is 0. The van der Waals surface area contributed by atoms with Gasteiger partial charge in [0.05, 0.1) is 15.5 Å². The summed E-state index contributed by atoms with van der Waals surface area (Å²) in [5.41, 5.74) is 1.22. The van der Waals surface area contributed by atoms with Gasteiger partial charge in [-0.3, -0.25) is 24.1 Å². The van der Waals surface area contributed by atoms with Gasteiger partial charge in [-0.2, -0.15) is 0 Å². The Morgan fingerprint density at radius 3 is 2.51 bits per heavy atom. The minimum Gasteiger partial charge on any atom is -0.355 e. The first-order valence-electron chi connectivity index (χ1n) is 11.8. The number of carbonyl (C=O) groups excluding carboxylic acids is 4. The zero-order valence-corrected chi connectivity index (χ0v) is 21.6. The van der Waals surface area contributed by atoms with E-state index in [1.807, 2.05) is 0 Å². The highest BCUT2D eigenvalue weighted by atomic mass is 35.5. The molecule has 0 atom stereocenters. The van der Waals surface area contributed by atoms with E-state index < -0.39 is 11.1 Å². The van der Waals surface area contributed by atoms with Gasteiger partial charge in [-0.05, 0) is 86.6 Å². The molecule has 11 heteroatoms. The van der Waals surface area contributed by atoms with Crippen molar-refractivity contribution >= 4 is 57.9 Å². The second-order valence-corrected chi connectivity index (χ2v) is 10.7. The summed E-state index contributed by atoms with van der Waals surface area (Å²) in [7, 11) is 0. The van der Waals surface area contributed by atoms with Crippen molar-refractivity contribution in [2.24, 2.45) is 5.92 Å². The average molecular weight is 539 g/mol. The molecular formula is C24H28Cl2N4O4S. The lowest BCUT2D eigenvalue weighted by Crippen LogP contribution is -2.40. The summed E-state index contributed by atoms with van der Waals surface area (Å²) >= 11 is 13.0. The number of thioether (sulfide) groups is 1. The molecule has 3 saturated heterocycles. The highest BCUT2D eigenvalue weighted by Crippen LogP contribution is 2.36. The normalized spacial score (nSPS) is 19.5. The molecule has 1 aromatic carbocycles. The molecule has 0 bridgehead atoms. The van der Waals surface area contributed by atoms with Crippen LogP contribution < -0.4 is 10.6 Å². The molecule has 1 aromatic rings. The first-order chi connectivity index (χ1) is 16.8. The van der Waals surface area contributed by atoms with Gasteiger partial charge < -0.3 is 15.5 Å². The average Bonchev–Trinajstić information content (AvgIpc) is 3.13. The summed E-state index contributed by atoms with van der Waals surface area (Å²) in [5, 5.41) is 6.48. The molecule has 8 nitrogen and oxygen atoms in total. The van der Waals surface area contributed by atoms with Crippen molar-refractivity contribution in [2.75, 3.05) is 39.3 Å². The second-order valence-electron chi connectivity index (χ2n) is 8.94. The van der Waals surface area contributed by atoms with E-state index in [0.717, 1.165) is 54.6 Å². The number of likely N-dealkylation sites (tertiary alicyclic amines) is 1. The number of carbonyl (C=O) groups is 4. The Hall–Kier alpha value is -2.07. The number of imide groups is 1. The first kappa shape index (κ1) is 26.0. The number of nitrogens with one attached hydrogen (secondary N) is 2.